The van der Waals surface area contributed by atoms with Gasteiger partial charge in [-0.25, -0.2) is 0 Å². The molecule has 4 aliphatic rings. The van der Waals surface area contributed by atoms with E-state index in [4.69, 9.17) is 0 Å². The summed E-state index contributed by atoms with van der Waals surface area (Å²) in [5, 5.41) is 2.37. The van der Waals surface area contributed by atoms with Gasteiger partial charge in [-0.1, -0.05) is 23.8 Å². The van der Waals surface area contributed by atoms with Gasteiger partial charge in [-0.2, -0.15) is 0 Å². The predicted molar refractivity (Wildman–Crippen MR) is 122 cm³/mol. The summed E-state index contributed by atoms with van der Waals surface area (Å²) in [6, 6.07) is 5.70. The van der Waals surface area contributed by atoms with Crippen LogP contribution in [0.15, 0.2) is 29.8 Å². The van der Waals surface area contributed by atoms with Crippen LogP contribution >= 0.6 is 0 Å². The fourth-order valence-electron chi connectivity index (χ4n) is 5.85. The molecule has 2 atom stereocenters. The van der Waals surface area contributed by atoms with Crippen LogP contribution < -0.4 is 5.32 Å². The predicted octanol–water partition coefficient (Wildman–Crippen LogP) is 3.37. The van der Waals surface area contributed by atoms with Gasteiger partial charge in [0.2, 0.25) is 11.8 Å². The maximum Gasteiger partial charge on any atom is 0.255 e. The molecule has 0 saturated carbocycles. The third-order valence-electron chi connectivity index (χ3n) is 7.87. The molecule has 5 rings (SSSR count). The summed E-state index contributed by atoms with van der Waals surface area (Å²) in [6.45, 7) is 6.21. The minimum absolute atomic E-state index is 0.0902. The van der Waals surface area contributed by atoms with Gasteiger partial charge in [-0.05, 0) is 87.6 Å². The van der Waals surface area contributed by atoms with E-state index in [0.717, 1.165) is 37.4 Å². The Morgan fingerprint density at radius 1 is 1.03 bits per heavy atom. The van der Waals surface area contributed by atoms with Crippen LogP contribution in [0.1, 0.15) is 79.3 Å². The number of rotatable bonds is 4. The van der Waals surface area contributed by atoms with Crippen LogP contribution in [-0.4, -0.2) is 53.2 Å². The summed E-state index contributed by atoms with van der Waals surface area (Å²) in [6.07, 6.45) is 9.24. The van der Waals surface area contributed by atoms with Gasteiger partial charge in [0.1, 0.15) is 6.04 Å². The van der Waals surface area contributed by atoms with Crippen molar-refractivity contribution in [3.05, 3.63) is 46.5 Å². The Kier molecular flexibility index (Phi) is 5.89. The zero-order chi connectivity index (χ0) is 22.2. The lowest BCUT2D eigenvalue weighted by atomic mass is 9.86. The SMILES string of the molecule is CC1=CCC(CN2CCC(c3ccc4c(c3)CN(C3CCC(=O)NC3=O)C4=O)CC2)CC1. The van der Waals surface area contributed by atoms with Crippen LogP contribution in [0.25, 0.3) is 0 Å². The molecule has 0 aromatic heterocycles. The largest absolute Gasteiger partial charge is 0.322 e. The minimum Gasteiger partial charge on any atom is -0.322 e. The highest BCUT2D eigenvalue weighted by Gasteiger charge is 2.39. The first-order chi connectivity index (χ1) is 15.5. The van der Waals surface area contributed by atoms with E-state index >= 15 is 0 Å². The number of amides is 3. The lowest BCUT2D eigenvalue weighted by Gasteiger charge is -2.35. The molecule has 1 aromatic rings. The van der Waals surface area contributed by atoms with Crippen molar-refractivity contribution < 1.29 is 14.4 Å². The average molecular weight is 436 g/mol. The quantitative estimate of drug-likeness (QED) is 0.582. The molecule has 0 radical (unpaired) electrons. The molecule has 1 aliphatic carbocycles. The van der Waals surface area contributed by atoms with Gasteiger partial charge < -0.3 is 9.80 Å². The van der Waals surface area contributed by atoms with E-state index in [9.17, 15) is 14.4 Å². The third-order valence-corrected chi connectivity index (χ3v) is 7.87. The average Bonchev–Trinajstić information content (AvgIpc) is 3.11. The second-order valence-corrected chi connectivity index (χ2v) is 10.1. The lowest BCUT2D eigenvalue weighted by Crippen LogP contribution is -2.52. The number of benzene rings is 1. The number of allylic oxidation sites excluding steroid dienone is 2. The Balaban J connectivity index is 1.19. The van der Waals surface area contributed by atoms with E-state index in [1.807, 2.05) is 6.07 Å². The van der Waals surface area contributed by atoms with Gasteiger partial charge >= 0.3 is 0 Å². The summed E-state index contributed by atoms with van der Waals surface area (Å²) < 4.78 is 0. The molecule has 3 amide bonds. The van der Waals surface area contributed by atoms with Gasteiger partial charge in [0, 0.05) is 25.1 Å². The van der Waals surface area contributed by atoms with Gasteiger partial charge in [-0.15, -0.1) is 0 Å². The highest BCUT2D eigenvalue weighted by Crippen LogP contribution is 2.34. The zero-order valence-electron chi connectivity index (χ0n) is 18.9. The number of piperidine rings is 2. The molecule has 1 N–H and O–H groups in total. The van der Waals surface area contributed by atoms with E-state index in [0.29, 0.717) is 24.4 Å². The van der Waals surface area contributed by atoms with Crippen LogP contribution in [0.3, 0.4) is 0 Å². The molecule has 3 heterocycles. The summed E-state index contributed by atoms with van der Waals surface area (Å²) in [4.78, 5) is 40.9. The van der Waals surface area contributed by atoms with Crippen LogP contribution in [0.5, 0.6) is 0 Å². The van der Waals surface area contributed by atoms with Crippen LogP contribution in [0, 0.1) is 5.92 Å². The second-order valence-electron chi connectivity index (χ2n) is 10.1. The monoisotopic (exact) mass is 435 g/mol. The summed E-state index contributed by atoms with van der Waals surface area (Å²) >= 11 is 0. The maximum absolute atomic E-state index is 12.9. The van der Waals surface area contributed by atoms with Crippen LogP contribution in [-0.2, 0) is 16.1 Å². The van der Waals surface area contributed by atoms with E-state index < -0.39 is 6.04 Å². The maximum atomic E-state index is 12.9. The van der Waals surface area contributed by atoms with Crippen molar-refractivity contribution in [2.45, 2.75) is 70.4 Å². The standard InChI is InChI=1S/C26H33N3O3/c1-17-2-4-18(5-3-17)15-28-12-10-19(11-13-28)20-6-7-22-21(14-20)16-29(26(22)32)23-8-9-24(30)27-25(23)31/h2,6-7,14,18-19,23H,3-5,8-13,15-16H2,1H3,(H,27,30,31). The second kappa shape index (κ2) is 8.81. The molecule has 6 nitrogen and oxygen atoms in total. The van der Waals surface area contributed by atoms with Crippen molar-refractivity contribution in [2.24, 2.45) is 5.92 Å². The number of hydrogen-bond acceptors (Lipinski definition) is 4. The van der Waals surface area contributed by atoms with Gasteiger partial charge in [0.15, 0.2) is 0 Å². The molecule has 32 heavy (non-hydrogen) atoms. The van der Waals surface area contributed by atoms with E-state index in [2.05, 4.69) is 35.3 Å². The molecule has 3 aliphatic heterocycles. The molecular weight excluding hydrogens is 402 g/mol. The first kappa shape index (κ1) is 21.4. The molecule has 6 heteroatoms. The van der Waals surface area contributed by atoms with Gasteiger partial charge in [0.05, 0.1) is 0 Å². The lowest BCUT2D eigenvalue weighted by molar-refractivity contribution is -0.136. The summed E-state index contributed by atoms with van der Waals surface area (Å²) in [5.74, 6) is 0.648. The number of carbonyl (C=O) groups is 3. The Morgan fingerprint density at radius 3 is 2.56 bits per heavy atom. The van der Waals surface area contributed by atoms with Crippen molar-refractivity contribution >= 4 is 17.7 Å². The van der Waals surface area contributed by atoms with Crippen LogP contribution in [0.2, 0.25) is 0 Å². The number of fused-ring (bicyclic) bond motifs is 1. The number of likely N-dealkylation sites (tertiary alicyclic amines) is 1. The smallest absolute Gasteiger partial charge is 0.255 e. The molecule has 0 bridgehead atoms. The first-order valence-electron chi connectivity index (χ1n) is 12.1. The minimum atomic E-state index is -0.544. The fraction of sp³-hybridized carbons (Fsp3) is 0.577. The summed E-state index contributed by atoms with van der Waals surface area (Å²) in [7, 11) is 0. The first-order valence-corrected chi connectivity index (χ1v) is 12.1. The van der Waals surface area contributed by atoms with E-state index in [1.54, 1.807) is 10.5 Å². The van der Waals surface area contributed by atoms with Crippen LogP contribution in [0.4, 0.5) is 0 Å². The Morgan fingerprint density at radius 2 is 1.84 bits per heavy atom. The Hall–Kier alpha value is -2.47. The van der Waals surface area contributed by atoms with Gasteiger partial charge in [0.25, 0.3) is 5.91 Å². The number of hydrogen-bond donors (Lipinski definition) is 1. The Labute approximate surface area is 190 Å². The van der Waals surface area contributed by atoms with Crippen molar-refractivity contribution in [1.29, 1.82) is 0 Å². The topological polar surface area (TPSA) is 69.7 Å². The van der Waals surface area contributed by atoms with E-state index in [1.165, 1.54) is 31.4 Å². The molecule has 2 unspecified atom stereocenters. The van der Waals surface area contributed by atoms with E-state index in [-0.39, 0.29) is 24.1 Å². The molecule has 1 aromatic carbocycles. The number of nitrogens with zero attached hydrogens (tertiary/aromatic N) is 2. The molecule has 2 saturated heterocycles. The number of carbonyl (C=O) groups excluding carboxylic acids is 3. The molecule has 170 valence electrons. The van der Waals surface area contributed by atoms with Gasteiger partial charge in [-0.3, -0.25) is 19.7 Å². The number of nitrogens with one attached hydrogen (secondary N) is 1. The van der Waals surface area contributed by atoms with Crippen molar-refractivity contribution in [3.63, 3.8) is 0 Å². The van der Waals surface area contributed by atoms with Crippen molar-refractivity contribution in [1.82, 2.24) is 15.1 Å². The highest BCUT2D eigenvalue weighted by molar-refractivity contribution is 6.05. The number of imide groups is 1. The van der Waals surface area contributed by atoms with Crippen molar-refractivity contribution in [2.75, 3.05) is 19.6 Å². The normalized spacial score (nSPS) is 27.3. The molecule has 2 fully saturated rings. The Bertz CT molecular complexity index is 961. The fourth-order valence-corrected chi connectivity index (χ4v) is 5.85. The third kappa shape index (κ3) is 4.25. The summed E-state index contributed by atoms with van der Waals surface area (Å²) in [5.41, 5.74) is 4.59. The molecule has 0 spiro atoms. The molecular formula is C26H33N3O3. The zero-order valence-corrected chi connectivity index (χ0v) is 18.9. The van der Waals surface area contributed by atoms with Crippen molar-refractivity contribution in [3.8, 4) is 0 Å². The highest BCUT2D eigenvalue weighted by atomic mass is 16.2.